The molecule has 2 aromatic carbocycles. The van der Waals surface area contributed by atoms with Gasteiger partial charge in [0.1, 0.15) is 0 Å². The Labute approximate surface area is 216 Å². The summed E-state index contributed by atoms with van der Waals surface area (Å²) in [7, 11) is 4.20. The lowest BCUT2D eigenvalue weighted by Crippen LogP contribution is -2.40. The smallest absolute Gasteiger partial charge is 0.338 e. The zero-order valence-corrected chi connectivity index (χ0v) is 21.9. The third kappa shape index (κ3) is 4.92. The molecular weight excluding hydrogens is 496 g/mol. The maximum absolute atomic E-state index is 13.8. The number of aromatic nitrogens is 1. The van der Waals surface area contributed by atoms with E-state index >= 15 is 0 Å². The van der Waals surface area contributed by atoms with Crippen LogP contribution in [-0.2, 0) is 14.3 Å². The monoisotopic (exact) mass is 522 g/mol. The number of carbonyl (C=O) groups excluding carboxylic acids is 2. The van der Waals surface area contributed by atoms with Crippen molar-refractivity contribution in [2.75, 3.05) is 21.3 Å². The largest absolute Gasteiger partial charge is 0.493 e. The summed E-state index contributed by atoms with van der Waals surface area (Å²) in [4.78, 5) is 43.3. The topological polar surface area (TPSA) is 105 Å². The molecule has 0 amide bonds. The number of hydrogen-bond donors (Lipinski definition) is 0. The van der Waals surface area contributed by atoms with Crippen LogP contribution in [0.15, 0.2) is 63.5 Å². The Kier molecular flexibility index (Phi) is 7.58. The van der Waals surface area contributed by atoms with Gasteiger partial charge in [-0.2, -0.15) is 0 Å². The second-order valence-electron chi connectivity index (χ2n) is 8.05. The third-order valence-corrected chi connectivity index (χ3v) is 6.77. The van der Waals surface area contributed by atoms with Crippen molar-refractivity contribution in [3.63, 3.8) is 0 Å². The number of fused-ring (bicyclic) bond motifs is 1. The number of hydrogen-bond acceptors (Lipinski definition) is 9. The fourth-order valence-corrected chi connectivity index (χ4v) is 5.21. The molecule has 192 valence electrons. The molecule has 4 rings (SSSR count). The van der Waals surface area contributed by atoms with Gasteiger partial charge in [0.05, 0.1) is 43.2 Å². The predicted molar refractivity (Wildman–Crippen MR) is 138 cm³/mol. The van der Waals surface area contributed by atoms with Gasteiger partial charge in [-0.1, -0.05) is 48.6 Å². The molecule has 3 aromatic rings. The fourth-order valence-electron chi connectivity index (χ4n) is 4.19. The summed E-state index contributed by atoms with van der Waals surface area (Å²) in [6.45, 7) is 3.19. The van der Waals surface area contributed by atoms with Gasteiger partial charge in [0.25, 0.3) is 5.56 Å². The third-order valence-electron chi connectivity index (χ3n) is 5.79. The van der Waals surface area contributed by atoms with Crippen LogP contribution in [0.25, 0.3) is 6.08 Å². The van der Waals surface area contributed by atoms with Crippen LogP contribution in [-0.4, -0.2) is 37.8 Å². The van der Waals surface area contributed by atoms with E-state index in [4.69, 9.17) is 18.9 Å². The van der Waals surface area contributed by atoms with E-state index in [1.807, 2.05) is 37.3 Å². The van der Waals surface area contributed by atoms with Crippen LogP contribution in [0.2, 0.25) is 0 Å². The summed E-state index contributed by atoms with van der Waals surface area (Å²) < 4.78 is 23.1. The highest BCUT2D eigenvalue weighted by Gasteiger charge is 2.33. The Hall–Kier alpha value is -4.18. The summed E-state index contributed by atoms with van der Waals surface area (Å²) in [5.74, 6) is -0.351. The number of benzene rings is 2. The number of methoxy groups -OCH3 is 3. The van der Waals surface area contributed by atoms with Gasteiger partial charge in [-0.3, -0.25) is 14.2 Å². The van der Waals surface area contributed by atoms with Crippen molar-refractivity contribution >= 4 is 29.4 Å². The second kappa shape index (κ2) is 10.8. The van der Waals surface area contributed by atoms with Crippen LogP contribution in [0.3, 0.4) is 0 Å². The molecule has 0 unspecified atom stereocenters. The molecule has 0 fully saturated rings. The number of esters is 2. The van der Waals surface area contributed by atoms with E-state index in [9.17, 15) is 14.4 Å². The summed E-state index contributed by atoms with van der Waals surface area (Å²) in [6.07, 6.45) is 2.17. The van der Waals surface area contributed by atoms with Gasteiger partial charge < -0.3 is 18.9 Å². The average molecular weight is 523 g/mol. The summed E-state index contributed by atoms with van der Waals surface area (Å²) in [5, 5.41) is 0. The minimum absolute atomic E-state index is 0.149. The number of rotatable bonds is 7. The van der Waals surface area contributed by atoms with Crippen molar-refractivity contribution in [1.29, 1.82) is 0 Å². The predicted octanol–water partition coefficient (Wildman–Crippen LogP) is 2.74. The van der Waals surface area contributed by atoms with Gasteiger partial charge in [-0.05, 0) is 35.8 Å². The Morgan fingerprint density at radius 3 is 2.27 bits per heavy atom. The van der Waals surface area contributed by atoms with Gasteiger partial charge in [0.15, 0.2) is 16.3 Å². The summed E-state index contributed by atoms with van der Waals surface area (Å²) in [5.41, 5.74) is 1.96. The number of ether oxygens (including phenoxy) is 4. The van der Waals surface area contributed by atoms with Gasteiger partial charge >= 0.3 is 11.9 Å². The standard InChI is InChI=1S/C27H26N2O7S/c1-6-18-22(26(32)35-5)23(17-10-8-7-9-11-17)29-25(31)21(37-27(29)28-18)14-16-12-19(33-3)24(36-15(2)30)20(13-16)34-4/h7-14,23H,6H2,1-5H3/b21-14+/t23-/m1/s1. The maximum Gasteiger partial charge on any atom is 0.338 e. The zero-order chi connectivity index (χ0) is 26.7. The Morgan fingerprint density at radius 1 is 1.08 bits per heavy atom. The molecule has 1 atom stereocenters. The number of carbonyl (C=O) groups is 2. The number of allylic oxidation sites excluding steroid dienone is 1. The van der Waals surface area contributed by atoms with Crippen LogP contribution in [0.5, 0.6) is 17.2 Å². The normalized spacial score (nSPS) is 15.1. The molecule has 37 heavy (non-hydrogen) atoms. The molecule has 0 saturated carbocycles. The lowest BCUT2D eigenvalue weighted by molar-refractivity contribution is -0.136. The molecule has 0 spiro atoms. The molecule has 0 aliphatic carbocycles. The van der Waals surface area contributed by atoms with E-state index in [0.717, 1.165) is 5.56 Å². The molecule has 0 saturated heterocycles. The van der Waals surface area contributed by atoms with Crippen LogP contribution >= 0.6 is 11.3 Å². The van der Waals surface area contributed by atoms with Gasteiger partial charge in [0.2, 0.25) is 5.75 Å². The molecule has 1 aliphatic heterocycles. The highest BCUT2D eigenvalue weighted by atomic mass is 32.1. The molecule has 0 radical (unpaired) electrons. The van der Waals surface area contributed by atoms with Gasteiger partial charge in [-0.15, -0.1) is 0 Å². The van der Waals surface area contributed by atoms with E-state index in [-0.39, 0.29) is 22.8 Å². The van der Waals surface area contributed by atoms with Crippen molar-refractivity contribution in [1.82, 2.24) is 4.57 Å². The summed E-state index contributed by atoms with van der Waals surface area (Å²) in [6, 6.07) is 11.9. The molecule has 9 nitrogen and oxygen atoms in total. The molecular formula is C27H26N2O7S. The van der Waals surface area contributed by atoms with Crippen molar-refractivity contribution < 1.29 is 28.5 Å². The van der Waals surface area contributed by atoms with Crippen molar-refractivity contribution in [2.45, 2.75) is 26.3 Å². The van der Waals surface area contributed by atoms with Gasteiger partial charge in [-0.25, -0.2) is 9.79 Å². The first-order valence-corrected chi connectivity index (χ1v) is 12.3. The summed E-state index contributed by atoms with van der Waals surface area (Å²) >= 11 is 1.21. The highest BCUT2D eigenvalue weighted by molar-refractivity contribution is 7.07. The molecule has 1 aromatic heterocycles. The first-order valence-electron chi connectivity index (χ1n) is 11.4. The number of thiazole rings is 1. The van der Waals surface area contributed by atoms with Crippen LogP contribution in [0, 0.1) is 0 Å². The molecule has 10 heteroatoms. The molecule has 1 aliphatic rings. The molecule has 0 bridgehead atoms. The van der Waals surface area contributed by atoms with Crippen LogP contribution in [0.1, 0.15) is 37.4 Å². The van der Waals surface area contributed by atoms with E-state index in [0.29, 0.717) is 32.6 Å². The lowest BCUT2D eigenvalue weighted by atomic mass is 9.95. The quantitative estimate of drug-likeness (QED) is 0.347. The number of nitrogens with zero attached hydrogens (tertiary/aromatic N) is 2. The average Bonchev–Trinajstić information content (AvgIpc) is 3.22. The van der Waals surface area contributed by atoms with Crippen LogP contribution in [0.4, 0.5) is 0 Å². The Balaban J connectivity index is 1.95. The first-order chi connectivity index (χ1) is 17.8. The van der Waals surface area contributed by atoms with Crippen molar-refractivity contribution in [2.24, 2.45) is 4.99 Å². The zero-order valence-electron chi connectivity index (χ0n) is 21.1. The second-order valence-corrected chi connectivity index (χ2v) is 9.06. The van der Waals surface area contributed by atoms with Crippen molar-refractivity contribution in [3.8, 4) is 17.2 Å². The van der Waals surface area contributed by atoms with Crippen LogP contribution < -0.4 is 29.1 Å². The minimum Gasteiger partial charge on any atom is -0.493 e. The lowest BCUT2D eigenvalue weighted by Gasteiger charge is -2.25. The Morgan fingerprint density at radius 2 is 1.73 bits per heavy atom. The Bertz CT molecular complexity index is 1540. The van der Waals surface area contributed by atoms with E-state index in [1.165, 1.54) is 44.2 Å². The maximum atomic E-state index is 13.8. The van der Waals surface area contributed by atoms with Gasteiger partial charge in [0, 0.05) is 6.92 Å². The highest BCUT2D eigenvalue weighted by Crippen LogP contribution is 2.39. The fraction of sp³-hybridized carbons (Fsp3) is 0.259. The molecule has 2 heterocycles. The van der Waals surface area contributed by atoms with E-state index in [2.05, 4.69) is 4.99 Å². The van der Waals surface area contributed by atoms with Crippen molar-refractivity contribution in [3.05, 3.63) is 84.5 Å². The minimum atomic E-state index is -0.683. The first kappa shape index (κ1) is 25.9. The van der Waals surface area contributed by atoms with E-state index in [1.54, 1.807) is 18.2 Å². The SMILES string of the molecule is CCC1=C(C(=O)OC)[C@@H](c2ccccc2)n2c(s/c(=C/c3cc(OC)c(OC(C)=O)c(OC)c3)c2=O)=N1. The molecule has 0 N–H and O–H groups in total. The van der Waals surface area contributed by atoms with E-state index < -0.39 is 18.0 Å².